The summed E-state index contributed by atoms with van der Waals surface area (Å²) in [4.78, 5) is 62.5. The number of halogens is 1. The summed E-state index contributed by atoms with van der Waals surface area (Å²) in [5, 5.41) is 23.6. The molecule has 2 aromatic heterocycles. The zero-order chi connectivity index (χ0) is 39.9. The van der Waals surface area contributed by atoms with E-state index in [1.165, 1.54) is 4.90 Å². The van der Waals surface area contributed by atoms with E-state index in [0.29, 0.717) is 40.1 Å². The first-order valence-corrected chi connectivity index (χ1v) is 20.3. The molecule has 57 heavy (non-hydrogen) atoms. The normalized spacial score (nSPS) is 22.0. The maximum absolute atomic E-state index is 13.0. The first-order valence-electron chi connectivity index (χ1n) is 19.9. The van der Waals surface area contributed by atoms with Gasteiger partial charge >= 0.3 is 0 Å². The largest absolute Gasteiger partial charge is 0.490 e. The number of nitrogens with one attached hydrogen (secondary N) is 2. The van der Waals surface area contributed by atoms with E-state index < -0.39 is 11.9 Å². The van der Waals surface area contributed by atoms with Crippen LogP contribution in [0.15, 0.2) is 48.7 Å². The van der Waals surface area contributed by atoms with E-state index in [4.69, 9.17) is 21.6 Å². The van der Waals surface area contributed by atoms with E-state index >= 15 is 0 Å². The summed E-state index contributed by atoms with van der Waals surface area (Å²) in [6.45, 7) is 6.59. The number of imide groups is 1. The van der Waals surface area contributed by atoms with Crippen LogP contribution in [0.5, 0.6) is 5.75 Å². The number of pyridine rings is 1. The fraction of sp³-hybridized carbons (Fsp3) is 0.512. The number of hydrogen-bond acceptors (Lipinski definition) is 12. The van der Waals surface area contributed by atoms with Crippen LogP contribution in [0.3, 0.4) is 0 Å². The SMILES string of the molecule is CN(C(=O)Cc1ccc(N2CCN(CC3CCN(c4ccc(C(=O)N[C@H]5CC[C@H](Oc6ccc(C#N)c(Cl)c6)CC5)nn4)CC3)CC2)cn1)C1CCC(=O)NC1=O. The van der Waals surface area contributed by atoms with Gasteiger partial charge in [0.1, 0.15) is 17.9 Å². The zero-order valence-corrected chi connectivity index (χ0v) is 33.0. The molecule has 2 N–H and O–H groups in total. The molecule has 0 radical (unpaired) electrons. The highest BCUT2D eigenvalue weighted by Gasteiger charge is 2.32. The first-order chi connectivity index (χ1) is 27.6. The average molecular weight is 797 g/mol. The van der Waals surface area contributed by atoms with Crippen molar-refractivity contribution >= 4 is 46.7 Å². The van der Waals surface area contributed by atoms with E-state index in [9.17, 15) is 19.2 Å². The van der Waals surface area contributed by atoms with Crippen LogP contribution < -0.4 is 25.2 Å². The molecule has 15 nitrogen and oxygen atoms in total. The quantitative estimate of drug-likeness (QED) is 0.271. The molecule has 0 bridgehead atoms. The van der Waals surface area contributed by atoms with Gasteiger partial charge in [0.2, 0.25) is 17.7 Å². The number of piperidine rings is 2. The van der Waals surface area contributed by atoms with Gasteiger partial charge in [-0.05, 0) is 87.3 Å². The van der Waals surface area contributed by atoms with Crippen LogP contribution in [0.4, 0.5) is 11.5 Å². The van der Waals surface area contributed by atoms with Crippen molar-refractivity contribution in [1.82, 2.24) is 35.6 Å². The number of amides is 4. The molecule has 16 heteroatoms. The maximum Gasteiger partial charge on any atom is 0.272 e. The van der Waals surface area contributed by atoms with Crippen molar-refractivity contribution in [2.75, 3.05) is 62.7 Å². The number of aromatic nitrogens is 3. The van der Waals surface area contributed by atoms with Gasteiger partial charge in [0, 0.05) is 77.1 Å². The second-order valence-corrected chi connectivity index (χ2v) is 15.9. The fourth-order valence-electron chi connectivity index (χ4n) is 8.16. The van der Waals surface area contributed by atoms with Crippen LogP contribution in [0.1, 0.15) is 73.1 Å². The van der Waals surface area contributed by atoms with Crippen LogP contribution >= 0.6 is 11.6 Å². The van der Waals surface area contributed by atoms with Gasteiger partial charge in [-0.1, -0.05) is 11.6 Å². The predicted molar refractivity (Wildman–Crippen MR) is 213 cm³/mol. The van der Waals surface area contributed by atoms with E-state index in [-0.39, 0.29) is 42.7 Å². The Morgan fingerprint density at radius 1 is 0.947 bits per heavy atom. The number of ether oxygens (including phenoxy) is 1. The van der Waals surface area contributed by atoms with Gasteiger partial charge in [0.05, 0.1) is 35.0 Å². The maximum atomic E-state index is 13.0. The molecule has 3 saturated heterocycles. The molecule has 1 unspecified atom stereocenters. The summed E-state index contributed by atoms with van der Waals surface area (Å²) in [5.41, 5.74) is 2.41. The Balaban J connectivity index is 0.785. The molecular weight excluding hydrogens is 748 g/mol. The van der Waals surface area contributed by atoms with Crippen molar-refractivity contribution in [2.24, 2.45) is 5.92 Å². The number of benzene rings is 1. The van der Waals surface area contributed by atoms with Crippen molar-refractivity contribution in [1.29, 1.82) is 5.26 Å². The summed E-state index contributed by atoms with van der Waals surface area (Å²) in [7, 11) is 1.60. The number of carbonyl (C=O) groups excluding carboxylic acids is 4. The lowest BCUT2D eigenvalue weighted by Gasteiger charge is -2.39. The van der Waals surface area contributed by atoms with E-state index in [0.717, 1.165) is 95.8 Å². The molecule has 300 valence electrons. The van der Waals surface area contributed by atoms with E-state index in [1.54, 1.807) is 31.3 Å². The van der Waals surface area contributed by atoms with Crippen molar-refractivity contribution < 1.29 is 23.9 Å². The Kier molecular flexibility index (Phi) is 12.8. The minimum Gasteiger partial charge on any atom is -0.490 e. The number of likely N-dealkylation sites (N-methyl/N-ethyl adjacent to an activating group) is 1. The molecule has 3 aliphatic heterocycles. The van der Waals surface area contributed by atoms with Gasteiger partial charge in [-0.15, -0.1) is 10.2 Å². The lowest BCUT2D eigenvalue weighted by atomic mass is 9.93. The smallest absolute Gasteiger partial charge is 0.272 e. The fourth-order valence-corrected chi connectivity index (χ4v) is 8.38. The molecule has 1 atom stereocenters. The number of hydrogen-bond donors (Lipinski definition) is 2. The number of nitrogens with zero attached hydrogens (tertiary/aromatic N) is 8. The Bertz CT molecular complexity index is 1950. The van der Waals surface area contributed by atoms with Gasteiger partial charge in [-0.2, -0.15) is 5.26 Å². The van der Waals surface area contributed by atoms with Gasteiger partial charge in [0.15, 0.2) is 11.5 Å². The van der Waals surface area contributed by atoms with Crippen molar-refractivity contribution in [2.45, 2.75) is 76.0 Å². The van der Waals surface area contributed by atoms with Crippen LogP contribution in [0.25, 0.3) is 0 Å². The third-order valence-corrected chi connectivity index (χ3v) is 12.0. The monoisotopic (exact) mass is 796 g/mol. The Labute approximate surface area is 337 Å². The van der Waals surface area contributed by atoms with Crippen molar-refractivity contribution in [3.05, 3.63) is 70.6 Å². The second kappa shape index (κ2) is 18.3. The predicted octanol–water partition coefficient (Wildman–Crippen LogP) is 3.36. The number of piperazine rings is 1. The number of anilines is 2. The van der Waals surface area contributed by atoms with Gasteiger partial charge in [0.25, 0.3) is 5.91 Å². The molecule has 4 aliphatic rings. The molecule has 4 amide bonds. The summed E-state index contributed by atoms with van der Waals surface area (Å²) in [5.74, 6) is 0.892. The molecule has 1 aromatic carbocycles. The minimum atomic E-state index is -0.637. The molecular formula is C41H49ClN10O5. The molecule has 7 rings (SSSR count). The Hall–Kier alpha value is -5.33. The summed E-state index contributed by atoms with van der Waals surface area (Å²) in [6, 6.07) is 14.1. The van der Waals surface area contributed by atoms with Crippen LogP contribution in [0, 0.1) is 17.2 Å². The van der Waals surface area contributed by atoms with Crippen LogP contribution in [0.2, 0.25) is 5.02 Å². The summed E-state index contributed by atoms with van der Waals surface area (Å²) < 4.78 is 6.08. The molecule has 1 aliphatic carbocycles. The van der Waals surface area contributed by atoms with Crippen molar-refractivity contribution in [3.63, 3.8) is 0 Å². The van der Waals surface area contributed by atoms with E-state index in [2.05, 4.69) is 46.6 Å². The molecule has 5 heterocycles. The van der Waals surface area contributed by atoms with Crippen LogP contribution in [-0.4, -0.2) is 120 Å². The first kappa shape index (κ1) is 39.9. The zero-order valence-electron chi connectivity index (χ0n) is 32.2. The topological polar surface area (TPSA) is 177 Å². The Morgan fingerprint density at radius 3 is 2.37 bits per heavy atom. The van der Waals surface area contributed by atoms with Gasteiger partial charge in [-0.25, -0.2) is 0 Å². The minimum absolute atomic E-state index is 0.0280. The summed E-state index contributed by atoms with van der Waals surface area (Å²) >= 11 is 6.15. The van der Waals surface area contributed by atoms with Gasteiger partial charge < -0.3 is 24.8 Å². The molecule has 0 spiro atoms. The molecule has 1 saturated carbocycles. The van der Waals surface area contributed by atoms with Gasteiger partial charge in [-0.3, -0.25) is 34.4 Å². The highest BCUT2D eigenvalue weighted by atomic mass is 35.5. The summed E-state index contributed by atoms with van der Waals surface area (Å²) in [6.07, 6.45) is 7.82. The number of carbonyl (C=O) groups is 4. The molecule has 4 fully saturated rings. The lowest BCUT2D eigenvalue weighted by molar-refractivity contribution is -0.144. The van der Waals surface area contributed by atoms with Crippen molar-refractivity contribution in [3.8, 4) is 11.8 Å². The highest BCUT2D eigenvalue weighted by Crippen LogP contribution is 2.28. The number of nitriles is 1. The molecule has 3 aromatic rings. The Morgan fingerprint density at radius 2 is 1.72 bits per heavy atom. The standard InChI is InChI=1S/C41H49ClN10O5/c1-49(36-11-13-38(53)46-41(36)56)39(54)22-30-3-6-31(25-44-30)51-20-18-50(19-21-51)26-27-14-16-52(17-15-27)37-12-10-35(47-48-37)40(55)45-29-4-8-32(9-5-29)57-33-7-2-28(24-43)34(42)23-33/h2-3,6-7,10,12,23,25,27,29,32,36H,4-5,8-9,11,13-22,26H2,1H3,(H,45,55)(H,46,53,56)/t29-,32-,36?. The average Bonchev–Trinajstić information content (AvgIpc) is 3.22. The second-order valence-electron chi connectivity index (χ2n) is 15.5. The third-order valence-electron chi connectivity index (χ3n) is 11.7. The third kappa shape index (κ3) is 10.2. The van der Waals surface area contributed by atoms with E-state index in [1.807, 2.05) is 24.4 Å². The van der Waals surface area contributed by atoms with Crippen LogP contribution in [-0.2, 0) is 20.8 Å². The number of rotatable bonds is 11. The highest BCUT2D eigenvalue weighted by molar-refractivity contribution is 6.31. The lowest BCUT2D eigenvalue weighted by Crippen LogP contribution is -2.53.